The van der Waals surface area contributed by atoms with Crippen LogP contribution in [0.25, 0.3) is 0 Å². The lowest BCUT2D eigenvalue weighted by Crippen LogP contribution is -2.17. The zero-order valence-corrected chi connectivity index (χ0v) is 10.6. The van der Waals surface area contributed by atoms with Crippen LogP contribution in [0, 0.1) is 0 Å². The van der Waals surface area contributed by atoms with Gasteiger partial charge in [0.1, 0.15) is 5.76 Å². The molecule has 1 heterocycles. The lowest BCUT2D eigenvalue weighted by atomic mass is 9.99. The molecule has 1 aromatic carbocycles. The van der Waals surface area contributed by atoms with Crippen molar-refractivity contribution in [2.45, 2.75) is 12.2 Å². The van der Waals surface area contributed by atoms with Crippen LogP contribution >= 0.6 is 15.9 Å². The number of halogens is 4. The quantitative estimate of drug-likeness (QED) is 0.904. The van der Waals surface area contributed by atoms with Gasteiger partial charge in [0, 0.05) is 0 Å². The van der Waals surface area contributed by atoms with Crippen molar-refractivity contribution < 1.29 is 17.6 Å². The van der Waals surface area contributed by atoms with Gasteiger partial charge in [-0.25, -0.2) is 0 Å². The number of alkyl halides is 3. The second-order valence-electron chi connectivity index (χ2n) is 3.70. The molecule has 0 spiro atoms. The first-order chi connectivity index (χ1) is 8.39. The Morgan fingerprint density at radius 2 is 1.78 bits per heavy atom. The fourth-order valence-corrected chi connectivity index (χ4v) is 1.99. The number of hydrogen-bond acceptors (Lipinski definition) is 2. The molecule has 0 saturated carbocycles. The molecule has 2 nitrogen and oxygen atoms in total. The summed E-state index contributed by atoms with van der Waals surface area (Å²) in [5, 5.41) is 0. The molecular formula is C12H9BrF3NO. The number of benzene rings is 1. The molecule has 0 bridgehead atoms. The van der Waals surface area contributed by atoms with Crippen molar-refractivity contribution in [3.05, 3.63) is 58.0 Å². The fraction of sp³-hybridized carbons (Fsp3) is 0.167. The summed E-state index contributed by atoms with van der Waals surface area (Å²) in [7, 11) is 0. The Hall–Kier alpha value is -1.27. The molecule has 2 aromatic rings. The summed E-state index contributed by atoms with van der Waals surface area (Å²) >= 11 is 3.09. The minimum absolute atomic E-state index is 0.00755. The van der Waals surface area contributed by atoms with E-state index in [1.54, 1.807) is 12.1 Å². The van der Waals surface area contributed by atoms with E-state index in [9.17, 15) is 13.2 Å². The van der Waals surface area contributed by atoms with Crippen LogP contribution in [0.4, 0.5) is 13.2 Å². The van der Waals surface area contributed by atoms with Gasteiger partial charge >= 0.3 is 6.18 Å². The summed E-state index contributed by atoms with van der Waals surface area (Å²) in [5.74, 6) is 0.276. The Bertz CT molecular complexity index is 550. The number of hydrogen-bond donors (Lipinski definition) is 1. The molecule has 0 fully saturated rings. The van der Waals surface area contributed by atoms with E-state index in [0.29, 0.717) is 4.67 Å². The van der Waals surface area contributed by atoms with E-state index in [1.165, 1.54) is 18.2 Å². The molecule has 0 saturated heterocycles. The summed E-state index contributed by atoms with van der Waals surface area (Å²) in [6.07, 6.45) is -4.43. The first kappa shape index (κ1) is 13.2. The molecule has 0 aliphatic rings. The van der Waals surface area contributed by atoms with Crippen LogP contribution in [0.3, 0.4) is 0 Å². The molecule has 1 unspecified atom stereocenters. The second kappa shape index (κ2) is 4.78. The standard InChI is InChI=1S/C12H9BrF3NO/c13-10-6-5-9(18-10)11(17)7-3-1-2-4-8(7)12(14,15)16/h1-6,11H,17H2. The molecular weight excluding hydrogens is 311 g/mol. The highest BCUT2D eigenvalue weighted by molar-refractivity contribution is 9.10. The molecule has 1 aromatic heterocycles. The van der Waals surface area contributed by atoms with Crippen LogP contribution in [0.15, 0.2) is 45.5 Å². The highest BCUT2D eigenvalue weighted by Gasteiger charge is 2.35. The van der Waals surface area contributed by atoms with Crippen molar-refractivity contribution >= 4 is 15.9 Å². The molecule has 1 atom stereocenters. The molecule has 0 radical (unpaired) electrons. The monoisotopic (exact) mass is 319 g/mol. The third kappa shape index (κ3) is 2.59. The predicted octanol–water partition coefficient (Wildman–Crippen LogP) is 4.11. The van der Waals surface area contributed by atoms with E-state index >= 15 is 0 Å². The minimum Gasteiger partial charge on any atom is -0.452 e. The molecule has 96 valence electrons. The van der Waals surface area contributed by atoms with Crippen molar-refractivity contribution in [3.63, 3.8) is 0 Å². The van der Waals surface area contributed by atoms with Gasteiger partial charge < -0.3 is 10.2 Å². The lowest BCUT2D eigenvalue weighted by molar-refractivity contribution is -0.138. The molecule has 18 heavy (non-hydrogen) atoms. The van der Waals surface area contributed by atoms with Crippen molar-refractivity contribution in [2.24, 2.45) is 5.73 Å². The average molecular weight is 320 g/mol. The van der Waals surface area contributed by atoms with Gasteiger partial charge in [0.25, 0.3) is 0 Å². The lowest BCUT2D eigenvalue weighted by Gasteiger charge is -2.16. The summed E-state index contributed by atoms with van der Waals surface area (Å²) in [6, 6.07) is 7.39. The summed E-state index contributed by atoms with van der Waals surface area (Å²) in [5.41, 5.74) is 5.06. The molecule has 2 rings (SSSR count). The van der Waals surface area contributed by atoms with Gasteiger partial charge in [-0.2, -0.15) is 13.2 Å². The van der Waals surface area contributed by atoms with Crippen LogP contribution in [0.2, 0.25) is 0 Å². The second-order valence-corrected chi connectivity index (χ2v) is 4.49. The molecule has 2 N–H and O–H groups in total. The van der Waals surface area contributed by atoms with Crippen LogP contribution in [-0.2, 0) is 6.18 Å². The van der Waals surface area contributed by atoms with E-state index in [-0.39, 0.29) is 11.3 Å². The topological polar surface area (TPSA) is 39.2 Å². The Morgan fingerprint density at radius 3 is 2.33 bits per heavy atom. The third-order valence-electron chi connectivity index (χ3n) is 2.50. The van der Waals surface area contributed by atoms with E-state index < -0.39 is 17.8 Å². The summed E-state index contributed by atoms with van der Waals surface area (Å²) in [6.45, 7) is 0. The molecule has 0 amide bonds. The fourth-order valence-electron chi connectivity index (χ4n) is 1.68. The minimum atomic E-state index is -4.43. The van der Waals surface area contributed by atoms with Gasteiger partial charge in [-0.05, 0) is 39.7 Å². The number of rotatable bonds is 2. The van der Waals surface area contributed by atoms with Crippen LogP contribution < -0.4 is 5.73 Å². The largest absolute Gasteiger partial charge is 0.452 e. The summed E-state index contributed by atoms with van der Waals surface area (Å²) < 4.78 is 44.1. The van der Waals surface area contributed by atoms with Crippen molar-refractivity contribution in [2.75, 3.05) is 0 Å². The number of nitrogens with two attached hydrogens (primary N) is 1. The molecule has 6 heteroatoms. The molecule has 0 aliphatic heterocycles. The van der Waals surface area contributed by atoms with Gasteiger partial charge in [-0.1, -0.05) is 18.2 Å². The first-order valence-corrected chi connectivity index (χ1v) is 5.86. The maximum absolute atomic E-state index is 12.8. The van der Waals surface area contributed by atoms with Gasteiger partial charge in [0.2, 0.25) is 0 Å². The SMILES string of the molecule is NC(c1ccc(Br)o1)c1ccccc1C(F)(F)F. The van der Waals surface area contributed by atoms with E-state index in [2.05, 4.69) is 15.9 Å². The van der Waals surface area contributed by atoms with Gasteiger partial charge in [-0.3, -0.25) is 0 Å². The van der Waals surface area contributed by atoms with E-state index in [1.807, 2.05) is 0 Å². The average Bonchev–Trinajstić information content (AvgIpc) is 2.74. The van der Waals surface area contributed by atoms with Crippen molar-refractivity contribution in [3.8, 4) is 0 Å². The van der Waals surface area contributed by atoms with Crippen LogP contribution in [0.5, 0.6) is 0 Å². The Labute approximate surface area is 110 Å². The Morgan fingerprint density at radius 1 is 1.11 bits per heavy atom. The normalized spacial score (nSPS) is 13.6. The van der Waals surface area contributed by atoms with E-state index in [4.69, 9.17) is 10.2 Å². The molecule has 0 aliphatic carbocycles. The maximum Gasteiger partial charge on any atom is 0.416 e. The highest BCUT2D eigenvalue weighted by Crippen LogP contribution is 2.36. The summed E-state index contributed by atoms with van der Waals surface area (Å²) in [4.78, 5) is 0. The Balaban J connectivity index is 2.45. The third-order valence-corrected chi connectivity index (χ3v) is 2.93. The van der Waals surface area contributed by atoms with Crippen molar-refractivity contribution in [1.29, 1.82) is 0 Å². The first-order valence-electron chi connectivity index (χ1n) is 5.06. The van der Waals surface area contributed by atoms with Gasteiger partial charge in [-0.15, -0.1) is 0 Å². The van der Waals surface area contributed by atoms with Crippen LogP contribution in [-0.4, -0.2) is 0 Å². The Kier molecular flexibility index (Phi) is 3.49. The zero-order valence-electron chi connectivity index (χ0n) is 9.04. The van der Waals surface area contributed by atoms with E-state index in [0.717, 1.165) is 6.07 Å². The maximum atomic E-state index is 12.8. The van der Waals surface area contributed by atoms with Gasteiger partial charge in [0.05, 0.1) is 11.6 Å². The van der Waals surface area contributed by atoms with Gasteiger partial charge in [0.15, 0.2) is 4.67 Å². The zero-order chi connectivity index (χ0) is 13.3. The van der Waals surface area contributed by atoms with Crippen molar-refractivity contribution in [1.82, 2.24) is 0 Å². The highest BCUT2D eigenvalue weighted by atomic mass is 79.9. The smallest absolute Gasteiger partial charge is 0.416 e. The number of furan rings is 1. The van der Waals surface area contributed by atoms with Crippen LogP contribution in [0.1, 0.15) is 22.9 Å². The predicted molar refractivity (Wildman–Crippen MR) is 63.9 cm³/mol.